The largest absolute Gasteiger partial charge is 0.260 e. The number of hydrogen-bond donors (Lipinski definition) is 0. The summed E-state index contributed by atoms with van der Waals surface area (Å²) in [7, 11) is 0. The van der Waals surface area contributed by atoms with Crippen molar-refractivity contribution in [2.24, 2.45) is 0 Å². The molecule has 1 unspecified atom stereocenters. The molecule has 2 heteroatoms. The van der Waals surface area contributed by atoms with E-state index in [-0.39, 0.29) is 0 Å². The molecule has 0 aliphatic rings. The van der Waals surface area contributed by atoms with E-state index in [2.05, 4.69) is 40.0 Å². The van der Waals surface area contributed by atoms with Crippen molar-refractivity contribution in [3.8, 4) is 0 Å². The maximum absolute atomic E-state index is 4.42. The van der Waals surface area contributed by atoms with Crippen molar-refractivity contribution in [3.05, 3.63) is 30.1 Å². The maximum atomic E-state index is 4.42. The lowest BCUT2D eigenvalue weighted by atomic mass is 10.0. The van der Waals surface area contributed by atoms with Gasteiger partial charge in [0.05, 0.1) is 10.5 Å². The van der Waals surface area contributed by atoms with E-state index in [4.69, 9.17) is 0 Å². The Morgan fingerprint density at radius 2 is 1.20 bits per heavy atom. The van der Waals surface area contributed by atoms with Crippen LogP contribution >= 0.6 is 15.9 Å². The summed E-state index contributed by atoms with van der Waals surface area (Å²) in [5.41, 5.74) is 1.17. The van der Waals surface area contributed by atoms with Gasteiger partial charge in [0.15, 0.2) is 0 Å². The average molecular weight is 410 g/mol. The fraction of sp³-hybridized carbons (Fsp3) is 0.783. The molecule has 0 saturated heterocycles. The van der Waals surface area contributed by atoms with E-state index in [0.717, 1.165) is 0 Å². The van der Waals surface area contributed by atoms with Crippen LogP contribution in [0, 0.1) is 0 Å². The Kier molecular flexibility index (Phi) is 15.5. The molecule has 1 rings (SSSR count). The molecule has 0 aliphatic heterocycles. The van der Waals surface area contributed by atoms with Crippen LogP contribution < -0.4 is 0 Å². The van der Waals surface area contributed by atoms with Gasteiger partial charge in [-0.2, -0.15) is 0 Å². The Hall–Kier alpha value is -0.370. The topological polar surface area (TPSA) is 12.9 Å². The van der Waals surface area contributed by atoms with Crippen molar-refractivity contribution in [2.75, 3.05) is 0 Å². The fourth-order valence-electron chi connectivity index (χ4n) is 3.40. The van der Waals surface area contributed by atoms with Gasteiger partial charge < -0.3 is 0 Å². The summed E-state index contributed by atoms with van der Waals surface area (Å²) in [6.07, 6.45) is 24.5. The van der Waals surface area contributed by atoms with Gasteiger partial charge in [-0.05, 0) is 18.6 Å². The van der Waals surface area contributed by atoms with Gasteiger partial charge in [0.1, 0.15) is 0 Å². The number of halogens is 1. The van der Waals surface area contributed by atoms with Crippen molar-refractivity contribution >= 4 is 15.9 Å². The smallest absolute Gasteiger partial charge is 0.0568 e. The quantitative estimate of drug-likeness (QED) is 0.185. The normalized spacial score (nSPS) is 12.4. The van der Waals surface area contributed by atoms with Gasteiger partial charge in [-0.1, -0.05) is 125 Å². The van der Waals surface area contributed by atoms with E-state index in [1.807, 2.05) is 12.3 Å². The zero-order valence-corrected chi connectivity index (χ0v) is 18.1. The van der Waals surface area contributed by atoms with Gasteiger partial charge in [-0.3, -0.25) is 4.98 Å². The van der Waals surface area contributed by atoms with Crippen molar-refractivity contribution in [3.63, 3.8) is 0 Å². The zero-order chi connectivity index (χ0) is 18.0. The molecule has 1 aromatic rings. The molecule has 0 aromatic carbocycles. The molecule has 0 N–H and O–H groups in total. The van der Waals surface area contributed by atoms with Crippen LogP contribution in [0.3, 0.4) is 0 Å². The molecule has 0 radical (unpaired) electrons. The standard InChI is InChI=1S/C23H40BrN/c1-2-3-4-5-6-7-8-9-10-11-12-13-14-15-16-19-22(24)23-20-17-18-21-25-23/h17-18,20-22H,2-16,19H2,1H3. The average Bonchev–Trinajstić information content (AvgIpc) is 2.65. The lowest BCUT2D eigenvalue weighted by Gasteiger charge is -2.08. The number of hydrogen-bond acceptors (Lipinski definition) is 1. The summed E-state index contributed by atoms with van der Waals surface area (Å²) < 4.78 is 0. The fourth-order valence-corrected chi connectivity index (χ4v) is 4.00. The Morgan fingerprint density at radius 1 is 0.720 bits per heavy atom. The summed E-state index contributed by atoms with van der Waals surface area (Å²) in [4.78, 5) is 4.85. The third-order valence-electron chi connectivity index (χ3n) is 5.07. The van der Waals surface area contributed by atoms with Crippen LogP contribution in [0.1, 0.15) is 120 Å². The Balaban J connectivity index is 1.77. The van der Waals surface area contributed by atoms with Gasteiger partial charge in [0.2, 0.25) is 0 Å². The molecule has 0 bridgehead atoms. The molecule has 1 heterocycles. The lowest BCUT2D eigenvalue weighted by molar-refractivity contribution is 0.529. The SMILES string of the molecule is CCCCCCCCCCCCCCCCCC(Br)c1ccccn1. The predicted molar refractivity (Wildman–Crippen MR) is 115 cm³/mol. The molecule has 1 aromatic heterocycles. The molecule has 25 heavy (non-hydrogen) atoms. The molecule has 0 amide bonds. The highest BCUT2D eigenvalue weighted by atomic mass is 79.9. The first kappa shape index (κ1) is 22.7. The summed E-state index contributed by atoms with van der Waals surface area (Å²) in [6, 6.07) is 6.17. The molecular formula is C23H40BrN. The van der Waals surface area contributed by atoms with Crippen LogP contribution in [0.25, 0.3) is 0 Å². The molecule has 0 spiro atoms. The number of unbranched alkanes of at least 4 members (excludes halogenated alkanes) is 14. The van der Waals surface area contributed by atoms with E-state index in [1.54, 1.807) is 0 Å². The van der Waals surface area contributed by atoms with Crippen molar-refractivity contribution in [1.82, 2.24) is 4.98 Å². The van der Waals surface area contributed by atoms with Gasteiger partial charge in [0, 0.05) is 6.20 Å². The molecule has 1 atom stereocenters. The van der Waals surface area contributed by atoms with Crippen LogP contribution in [0.5, 0.6) is 0 Å². The van der Waals surface area contributed by atoms with Gasteiger partial charge in [0.25, 0.3) is 0 Å². The first-order valence-electron chi connectivity index (χ1n) is 10.9. The Morgan fingerprint density at radius 3 is 1.64 bits per heavy atom. The highest BCUT2D eigenvalue weighted by molar-refractivity contribution is 9.09. The Labute approximate surface area is 165 Å². The monoisotopic (exact) mass is 409 g/mol. The molecular weight excluding hydrogens is 370 g/mol. The third-order valence-corrected chi connectivity index (χ3v) is 6.00. The van der Waals surface area contributed by atoms with E-state index in [1.165, 1.54) is 108 Å². The lowest BCUT2D eigenvalue weighted by Crippen LogP contribution is -1.93. The van der Waals surface area contributed by atoms with Gasteiger partial charge in [-0.25, -0.2) is 0 Å². The second-order valence-corrected chi connectivity index (χ2v) is 8.57. The first-order valence-corrected chi connectivity index (χ1v) is 11.8. The van der Waals surface area contributed by atoms with Crippen LogP contribution in [-0.2, 0) is 0 Å². The van der Waals surface area contributed by atoms with Gasteiger partial charge >= 0.3 is 0 Å². The number of aromatic nitrogens is 1. The minimum absolute atomic E-state index is 0.427. The second-order valence-electron chi connectivity index (χ2n) is 7.46. The molecule has 0 fully saturated rings. The number of alkyl halides is 1. The zero-order valence-electron chi connectivity index (χ0n) is 16.5. The second kappa shape index (κ2) is 17.1. The van der Waals surface area contributed by atoms with Crippen LogP contribution in [0.2, 0.25) is 0 Å². The summed E-state index contributed by atoms with van der Waals surface area (Å²) in [5.74, 6) is 0. The van der Waals surface area contributed by atoms with E-state index < -0.39 is 0 Å². The van der Waals surface area contributed by atoms with E-state index >= 15 is 0 Å². The van der Waals surface area contributed by atoms with Crippen molar-refractivity contribution in [1.29, 1.82) is 0 Å². The summed E-state index contributed by atoms with van der Waals surface area (Å²) >= 11 is 3.76. The first-order chi connectivity index (χ1) is 12.3. The Bertz CT molecular complexity index is 379. The number of pyridine rings is 1. The highest BCUT2D eigenvalue weighted by Crippen LogP contribution is 2.27. The van der Waals surface area contributed by atoms with E-state index in [0.29, 0.717) is 4.83 Å². The van der Waals surface area contributed by atoms with Crippen LogP contribution in [0.4, 0.5) is 0 Å². The highest BCUT2D eigenvalue weighted by Gasteiger charge is 2.07. The minimum Gasteiger partial charge on any atom is -0.260 e. The van der Waals surface area contributed by atoms with Crippen LogP contribution in [-0.4, -0.2) is 4.98 Å². The van der Waals surface area contributed by atoms with E-state index in [9.17, 15) is 0 Å². The minimum atomic E-state index is 0.427. The summed E-state index contributed by atoms with van der Waals surface area (Å²) in [5, 5.41) is 0. The predicted octanol–water partition coefficient (Wildman–Crippen LogP) is 8.78. The number of nitrogens with zero attached hydrogens (tertiary/aromatic N) is 1. The van der Waals surface area contributed by atoms with Crippen LogP contribution in [0.15, 0.2) is 24.4 Å². The van der Waals surface area contributed by atoms with Crippen molar-refractivity contribution in [2.45, 2.75) is 114 Å². The molecule has 0 aliphatic carbocycles. The molecule has 0 saturated carbocycles. The number of rotatable bonds is 17. The van der Waals surface area contributed by atoms with Crippen molar-refractivity contribution < 1.29 is 0 Å². The van der Waals surface area contributed by atoms with Gasteiger partial charge in [-0.15, -0.1) is 0 Å². The third kappa shape index (κ3) is 13.5. The molecule has 144 valence electrons. The molecule has 1 nitrogen and oxygen atoms in total. The summed E-state index contributed by atoms with van der Waals surface area (Å²) in [6.45, 7) is 2.29. The maximum Gasteiger partial charge on any atom is 0.0568 e.